The van der Waals surface area contributed by atoms with E-state index in [1.54, 1.807) is 0 Å². The van der Waals surface area contributed by atoms with Crippen molar-refractivity contribution < 1.29 is 0 Å². The molecule has 0 atom stereocenters. The molecule has 0 aliphatic carbocycles. The van der Waals surface area contributed by atoms with Gasteiger partial charge in [-0.05, 0) is 76.5 Å². The molecule has 3 heterocycles. The maximum absolute atomic E-state index is 5.37. The lowest BCUT2D eigenvalue weighted by atomic mass is 9.98. The summed E-state index contributed by atoms with van der Waals surface area (Å²) in [4.78, 5) is 10.6. The normalized spacial score (nSPS) is 11.8. The van der Waals surface area contributed by atoms with Crippen molar-refractivity contribution in [3.8, 4) is 34.0 Å². The predicted molar refractivity (Wildman–Crippen MR) is 199 cm³/mol. The molecule has 7 aromatic carbocycles. The topological polar surface area (TPSA) is 35.6 Å². The van der Waals surface area contributed by atoms with Crippen LogP contribution in [0.5, 0.6) is 0 Å². The van der Waals surface area contributed by atoms with Crippen LogP contribution in [-0.2, 0) is 0 Å². The summed E-state index contributed by atoms with van der Waals surface area (Å²) in [5, 5.41) is 7.01. The van der Waals surface area contributed by atoms with Gasteiger partial charge in [0.05, 0.1) is 27.8 Å². The van der Waals surface area contributed by atoms with Gasteiger partial charge in [0.1, 0.15) is 0 Å². The molecule has 0 fully saturated rings. The molecule has 0 amide bonds. The summed E-state index contributed by atoms with van der Waals surface area (Å²) < 4.78 is 4.49. The lowest BCUT2D eigenvalue weighted by molar-refractivity contribution is 1.01. The second-order valence-corrected chi connectivity index (χ2v) is 12.3. The van der Waals surface area contributed by atoms with Crippen molar-refractivity contribution in [2.75, 3.05) is 0 Å². The summed E-state index contributed by atoms with van der Waals surface area (Å²) in [7, 11) is 0. The molecule has 224 valence electrons. The monoisotopic (exact) mass is 612 g/mol. The Labute approximate surface area is 276 Å². The van der Waals surface area contributed by atoms with E-state index in [1.165, 1.54) is 43.6 Å². The van der Waals surface area contributed by atoms with Crippen LogP contribution in [0.3, 0.4) is 0 Å². The van der Waals surface area contributed by atoms with Crippen LogP contribution in [0.1, 0.15) is 0 Å². The Kier molecular flexibility index (Phi) is 5.84. The second-order valence-electron chi connectivity index (χ2n) is 12.3. The highest BCUT2D eigenvalue weighted by atomic mass is 15.2. The Morgan fingerprint density at radius 3 is 1.90 bits per heavy atom. The molecule has 0 bridgehead atoms. The predicted octanol–water partition coefficient (Wildman–Crippen LogP) is 11.2. The number of hydrogen-bond donors (Lipinski definition) is 0. The first-order chi connectivity index (χ1) is 23.8. The third-order valence-corrected chi connectivity index (χ3v) is 9.55. The van der Waals surface area contributed by atoms with Gasteiger partial charge in [-0.3, -0.25) is 4.57 Å². The van der Waals surface area contributed by atoms with Gasteiger partial charge in [0, 0.05) is 39.0 Å². The van der Waals surface area contributed by atoms with Crippen LogP contribution in [0.15, 0.2) is 170 Å². The first kappa shape index (κ1) is 26.7. The molecule has 0 radical (unpaired) electrons. The molecule has 0 aliphatic rings. The van der Waals surface area contributed by atoms with Crippen LogP contribution in [-0.4, -0.2) is 19.1 Å². The zero-order valence-corrected chi connectivity index (χ0v) is 26.0. The van der Waals surface area contributed by atoms with Gasteiger partial charge in [-0.2, -0.15) is 0 Å². The molecule has 4 nitrogen and oxygen atoms in total. The highest BCUT2D eigenvalue weighted by molar-refractivity contribution is 6.21. The van der Waals surface area contributed by atoms with Gasteiger partial charge in [0.2, 0.25) is 5.95 Å². The number of nitrogens with zero attached hydrogens (tertiary/aromatic N) is 4. The Morgan fingerprint density at radius 1 is 0.417 bits per heavy atom. The fraction of sp³-hybridized carbons (Fsp3) is 0. The molecule has 0 aliphatic heterocycles. The average Bonchev–Trinajstić information content (AvgIpc) is 3.74. The number of hydrogen-bond acceptors (Lipinski definition) is 2. The molecule has 0 unspecified atom stereocenters. The van der Waals surface area contributed by atoms with Crippen molar-refractivity contribution >= 4 is 54.4 Å². The molecule has 0 spiro atoms. The molecule has 0 N–H and O–H groups in total. The highest BCUT2D eigenvalue weighted by Gasteiger charge is 2.20. The number of aromatic nitrogens is 4. The maximum atomic E-state index is 5.37. The first-order valence-electron chi connectivity index (χ1n) is 16.3. The van der Waals surface area contributed by atoms with Crippen molar-refractivity contribution in [2.24, 2.45) is 0 Å². The van der Waals surface area contributed by atoms with E-state index in [0.717, 1.165) is 38.9 Å². The smallest absolute Gasteiger partial charge is 0.235 e. The zero-order valence-electron chi connectivity index (χ0n) is 26.0. The van der Waals surface area contributed by atoms with Gasteiger partial charge in [-0.1, -0.05) is 109 Å². The Bertz CT molecular complexity index is 2830. The SMILES string of the molecule is c1ccc(-c2ccc3cc(-c4nc(-n5c6ccccc6c6c7ccn(-c8ccccc8)c7ccc65)nc5ccccc45)ccc3c2)cc1. The molecule has 3 aromatic heterocycles. The van der Waals surface area contributed by atoms with E-state index in [9.17, 15) is 0 Å². The van der Waals surface area contributed by atoms with E-state index in [2.05, 4.69) is 179 Å². The molecule has 4 heteroatoms. The molecule has 0 saturated heterocycles. The molecular weight excluding hydrogens is 585 g/mol. The Balaban J connectivity index is 1.19. The fourth-order valence-corrected chi connectivity index (χ4v) is 7.30. The van der Waals surface area contributed by atoms with Gasteiger partial charge in [-0.25, -0.2) is 9.97 Å². The van der Waals surface area contributed by atoms with Crippen molar-refractivity contribution in [2.45, 2.75) is 0 Å². The number of rotatable bonds is 4. The second kappa shape index (κ2) is 10.5. The average molecular weight is 613 g/mol. The minimum Gasteiger partial charge on any atom is -0.317 e. The van der Waals surface area contributed by atoms with Crippen LogP contribution < -0.4 is 0 Å². The maximum Gasteiger partial charge on any atom is 0.235 e. The standard InChI is InChI=1S/C44H28N4/c1-3-11-29(12-4-1)30-19-20-32-28-33(22-21-31(32)27-30)43-35-15-7-9-17-38(35)45-44(46-43)48-40-18-10-8-16-36(40)42-37-25-26-47(34-13-5-2-6-14-34)39(37)23-24-41(42)48/h1-28H. The lowest BCUT2D eigenvalue weighted by Gasteiger charge is -2.13. The van der Waals surface area contributed by atoms with E-state index in [4.69, 9.17) is 9.97 Å². The molecule has 0 saturated carbocycles. The summed E-state index contributed by atoms with van der Waals surface area (Å²) in [5.41, 5.74) is 9.82. The molecule has 10 aromatic rings. The summed E-state index contributed by atoms with van der Waals surface area (Å²) >= 11 is 0. The Morgan fingerprint density at radius 2 is 1.06 bits per heavy atom. The van der Waals surface area contributed by atoms with E-state index in [-0.39, 0.29) is 0 Å². The first-order valence-corrected chi connectivity index (χ1v) is 16.3. The van der Waals surface area contributed by atoms with Crippen molar-refractivity contribution in [1.82, 2.24) is 19.1 Å². The van der Waals surface area contributed by atoms with Gasteiger partial charge in [0.25, 0.3) is 0 Å². The summed E-state index contributed by atoms with van der Waals surface area (Å²) in [5.74, 6) is 0.663. The third-order valence-electron chi connectivity index (χ3n) is 9.55. The minimum absolute atomic E-state index is 0.663. The summed E-state index contributed by atoms with van der Waals surface area (Å²) in [6.45, 7) is 0. The van der Waals surface area contributed by atoms with E-state index >= 15 is 0 Å². The summed E-state index contributed by atoms with van der Waals surface area (Å²) in [6.07, 6.45) is 2.17. The lowest BCUT2D eigenvalue weighted by Crippen LogP contribution is -2.03. The number of benzene rings is 7. The van der Waals surface area contributed by atoms with Gasteiger partial charge in [0.15, 0.2) is 0 Å². The zero-order chi connectivity index (χ0) is 31.6. The van der Waals surface area contributed by atoms with Crippen LogP contribution in [0.4, 0.5) is 0 Å². The van der Waals surface area contributed by atoms with Crippen LogP contribution in [0, 0.1) is 0 Å². The van der Waals surface area contributed by atoms with E-state index in [0.29, 0.717) is 5.95 Å². The minimum atomic E-state index is 0.663. The molecule has 48 heavy (non-hydrogen) atoms. The Hall–Kier alpha value is -6.52. The van der Waals surface area contributed by atoms with Crippen molar-refractivity contribution in [3.63, 3.8) is 0 Å². The van der Waals surface area contributed by atoms with Crippen molar-refractivity contribution in [1.29, 1.82) is 0 Å². The van der Waals surface area contributed by atoms with E-state index in [1.807, 2.05) is 0 Å². The summed E-state index contributed by atoms with van der Waals surface area (Å²) in [6, 6.07) is 58.0. The fourth-order valence-electron chi connectivity index (χ4n) is 7.30. The van der Waals surface area contributed by atoms with Crippen LogP contribution in [0.25, 0.3) is 88.4 Å². The molecular formula is C44H28N4. The highest BCUT2D eigenvalue weighted by Crippen LogP contribution is 2.38. The largest absolute Gasteiger partial charge is 0.317 e. The quantitative estimate of drug-likeness (QED) is 0.198. The van der Waals surface area contributed by atoms with Gasteiger partial charge < -0.3 is 4.57 Å². The molecule has 10 rings (SSSR count). The number of fused-ring (bicyclic) bond motifs is 7. The van der Waals surface area contributed by atoms with Crippen molar-refractivity contribution in [3.05, 3.63) is 170 Å². The van der Waals surface area contributed by atoms with Crippen LogP contribution in [0.2, 0.25) is 0 Å². The van der Waals surface area contributed by atoms with Gasteiger partial charge >= 0.3 is 0 Å². The van der Waals surface area contributed by atoms with E-state index < -0.39 is 0 Å². The number of para-hydroxylation sites is 3. The third kappa shape index (κ3) is 4.10. The van der Waals surface area contributed by atoms with Crippen LogP contribution >= 0.6 is 0 Å². The van der Waals surface area contributed by atoms with Gasteiger partial charge in [-0.15, -0.1) is 0 Å².